The monoisotopic (exact) mass is 276 g/mol. The van der Waals surface area contributed by atoms with E-state index in [0.717, 1.165) is 27.7 Å². The minimum Gasteiger partial charge on any atom is -0.366 e. The van der Waals surface area contributed by atoms with E-state index in [-0.39, 0.29) is 0 Å². The van der Waals surface area contributed by atoms with Crippen molar-refractivity contribution in [1.29, 1.82) is 0 Å². The summed E-state index contributed by atoms with van der Waals surface area (Å²) in [5.74, 6) is -0.423. The lowest BCUT2D eigenvalue weighted by Gasteiger charge is -2.08. The number of hydrogen-bond donors (Lipinski definition) is 1. The average molecular weight is 276 g/mol. The lowest BCUT2D eigenvalue weighted by atomic mass is 10.0. The molecular formula is C18H16N2O. The lowest BCUT2D eigenvalue weighted by molar-refractivity contribution is 0.100. The fourth-order valence-corrected chi connectivity index (χ4v) is 2.43. The number of amides is 1. The number of carbonyl (C=O) groups is 1. The molecule has 0 aliphatic carbocycles. The van der Waals surface area contributed by atoms with Crippen molar-refractivity contribution < 1.29 is 4.79 Å². The number of benzene rings is 2. The highest BCUT2D eigenvalue weighted by Crippen LogP contribution is 2.25. The van der Waals surface area contributed by atoms with Crippen LogP contribution in [0.5, 0.6) is 0 Å². The van der Waals surface area contributed by atoms with Crippen LogP contribution in [0.2, 0.25) is 0 Å². The van der Waals surface area contributed by atoms with Gasteiger partial charge in [0.15, 0.2) is 0 Å². The number of pyridine rings is 1. The SMILES string of the molecule is Cc1ccc2ccc(-c3cc(C(N)=O)ccc3C)nc2c1. The Kier molecular flexibility index (Phi) is 3.18. The molecule has 0 fully saturated rings. The molecule has 3 aromatic rings. The summed E-state index contributed by atoms with van der Waals surface area (Å²) in [6.45, 7) is 4.05. The van der Waals surface area contributed by atoms with Gasteiger partial charge in [-0.3, -0.25) is 4.79 Å². The van der Waals surface area contributed by atoms with Crippen LogP contribution in [0.25, 0.3) is 22.2 Å². The highest BCUT2D eigenvalue weighted by atomic mass is 16.1. The van der Waals surface area contributed by atoms with Gasteiger partial charge in [-0.25, -0.2) is 4.98 Å². The summed E-state index contributed by atoms with van der Waals surface area (Å²) in [5.41, 5.74) is 10.9. The zero-order chi connectivity index (χ0) is 15.0. The van der Waals surface area contributed by atoms with Crippen molar-refractivity contribution in [2.75, 3.05) is 0 Å². The Bertz CT molecular complexity index is 853. The maximum Gasteiger partial charge on any atom is 0.248 e. The number of nitrogens with zero attached hydrogens (tertiary/aromatic N) is 1. The van der Waals surface area contributed by atoms with Crippen molar-refractivity contribution >= 4 is 16.8 Å². The first-order chi connectivity index (χ1) is 10.0. The number of fused-ring (bicyclic) bond motifs is 1. The Morgan fingerprint density at radius 2 is 1.76 bits per heavy atom. The van der Waals surface area contributed by atoms with E-state index >= 15 is 0 Å². The van der Waals surface area contributed by atoms with E-state index in [2.05, 4.69) is 18.2 Å². The number of carbonyl (C=O) groups excluding carboxylic acids is 1. The summed E-state index contributed by atoms with van der Waals surface area (Å²) in [5, 5.41) is 1.10. The van der Waals surface area contributed by atoms with Gasteiger partial charge in [0.25, 0.3) is 0 Å². The van der Waals surface area contributed by atoms with Crippen LogP contribution in [0.4, 0.5) is 0 Å². The topological polar surface area (TPSA) is 56.0 Å². The van der Waals surface area contributed by atoms with E-state index < -0.39 is 5.91 Å². The average Bonchev–Trinajstić information content (AvgIpc) is 2.46. The molecule has 3 nitrogen and oxygen atoms in total. The molecule has 3 heteroatoms. The van der Waals surface area contributed by atoms with Gasteiger partial charge < -0.3 is 5.73 Å². The van der Waals surface area contributed by atoms with Crippen molar-refractivity contribution in [2.24, 2.45) is 5.73 Å². The second kappa shape index (κ2) is 5.02. The number of aryl methyl sites for hydroxylation is 2. The summed E-state index contributed by atoms with van der Waals surface area (Å²) in [7, 11) is 0. The maximum atomic E-state index is 11.4. The summed E-state index contributed by atoms with van der Waals surface area (Å²) >= 11 is 0. The zero-order valence-corrected chi connectivity index (χ0v) is 12.1. The predicted octanol–water partition coefficient (Wildman–Crippen LogP) is 3.62. The third-order valence-corrected chi connectivity index (χ3v) is 3.65. The molecule has 2 N–H and O–H groups in total. The number of hydrogen-bond acceptors (Lipinski definition) is 2. The van der Waals surface area contributed by atoms with Crippen molar-refractivity contribution in [2.45, 2.75) is 13.8 Å². The van der Waals surface area contributed by atoms with Gasteiger partial charge in [0, 0.05) is 16.5 Å². The van der Waals surface area contributed by atoms with Gasteiger partial charge >= 0.3 is 0 Å². The van der Waals surface area contributed by atoms with Gasteiger partial charge in [0.2, 0.25) is 5.91 Å². The molecule has 0 atom stereocenters. The number of nitrogens with two attached hydrogens (primary N) is 1. The van der Waals surface area contributed by atoms with E-state index in [9.17, 15) is 4.79 Å². The minimum absolute atomic E-state index is 0.423. The third-order valence-electron chi connectivity index (χ3n) is 3.65. The van der Waals surface area contributed by atoms with Crippen LogP contribution in [0.15, 0.2) is 48.5 Å². The van der Waals surface area contributed by atoms with Gasteiger partial charge in [-0.2, -0.15) is 0 Å². The third kappa shape index (κ3) is 2.50. The Labute approximate surface area is 123 Å². The second-order valence-corrected chi connectivity index (χ2v) is 5.29. The molecule has 0 aliphatic heterocycles. The normalized spacial score (nSPS) is 10.8. The molecule has 0 bridgehead atoms. The van der Waals surface area contributed by atoms with Gasteiger partial charge in [-0.05, 0) is 49.2 Å². The Hall–Kier alpha value is -2.68. The Balaban J connectivity index is 2.20. The number of rotatable bonds is 2. The molecule has 1 heterocycles. The van der Waals surface area contributed by atoms with Crippen LogP contribution in [-0.4, -0.2) is 10.9 Å². The second-order valence-electron chi connectivity index (χ2n) is 5.29. The molecule has 0 saturated heterocycles. The molecule has 0 radical (unpaired) electrons. The van der Waals surface area contributed by atoms with Gasteiger partial charge in [0.05, 0.1) is 11.2 Å². The molecule has 2 aromatic carbocycles. The van der Waals surface area contributed by atoms with Crippen LogP contribution in [0, 0.1) is 13.8 Å². The van der Waals surface area contributed by atoms with Crippen molar-refractivity contribution in [3.63, 3.8) is 0 Å². The highest BCUT2D eigenvalue weighted by molar-refractivity contribution is 5.94. The van der Waals surface area contributed by atoms with Crippen LogP contribution in [0.1, 0.15) is 21.5 Å². The summed E-state index contributed by atoms with van der Waals surface area (Å²) < 4.78 is 0. The molecule has 1 amide bonds. The molecule has 21 heavy (non-hydrogen) atoms. The Morgan fingerprint density at radius 3 is 2.52 bits per heavy atom. The number of aromatic nitrogens is 1. The predicted molar refractivity (Wildman–Crippen MR) is 85.2 cm³/mol. The Morgan fingerprint density at radius 1 is 1.00 bits per heavy atom. The molecule has 1 aromatic heterocycles. The van der Waals surface area contributed by atoms with E-state index in [4.69, 9.17) is 10.7 Å². The van der Waals surface area contributed by atoms with E-state index in [0.29, 0.717) is 5.56 Å². The van der Waals surface area contributed by atoms with Crippen molar-refractivity contribution in [3.8, 4) is 11.3 Å². The standard InChI is InChI=1S/C18H16N2O/c1-11-3-5-13-7-8-16(20-17(13)9-11)15-10-14(18(19)21)6-4-12(15)2/h3-10H,1-2H3,(H2,19,21). The van der Waals surface area contributed by atoms with Crippen LogP contribution >= 0.6 is 0 Å². The van der Waals surface area contributed by atoms with Crippen molar-refractivity contribution in [3.05, 3.63) is 65.2 Å². The summed E-state index contributed by atoms with van der Waals surface area (Å²) in [6.07, 6.45) is 0. The van der Waals surface area contributed by atoms with E-state index in [1.54, 1.807) is 6.07 Å². The zero-order valence-electron chi connectivity index (χ0n) is 12.1. The van der Waals surface area contributed by atoms with Gasteiger partial charge in [-0.15, -0.1) is 0 Å². The first-order valence-electron chi connectivity index (χ1n) is 6.83. The van der Waals surface area contributed by atoms with Crippen LogP contribution in [-0.2, 0) is 0 Å². The summed E-state index contributed by atoms with van der Waals surface area (Å²) in [6, 6.07) is 15.7. The molecule has 3 rings (SSSR count). The first-order valence-corrected chi connectivity index (χ1v) is 6.83. The smallest absolute Gasteiger partial charge is 0.248 e. The molecular weight excluding hydrogens is 260 g/mol. The van der Waals surface area contributed by atoms with Gasteiger partial charge in [-0.1, -0.05) is 24.3 Å². The molecule has 0 saturated carbocycles. The quantitative estimate of drug-likeness (QED) is 0.777. The van der Waals surface area contributed by atoms with Crippen LogP contribution in [0.3, 0.4) is 0 Å². The lowest BCUT2D eigenvalue weighted by Crippen LogP contribution is -2.11. The largest absolute Gasteiger partial charge is 0.366 e. The molecule has 104 valence electrons. The number of primary amides is 1. The van der Waals surface area contributed by atoms with E-state index in [1.165, 1.54) is 5.56 Å². The maximum absolute atomic E-state index is 11.4. The molecule has 0 spiro atoms. The van der Waals surface area contributed by atoms with Gasteiger partial charge in [0.1, 0.15) is 0 Å². The van der Waals surface area contributed by atoms with Crippen molar-refractivity contribution in [1.82, 2.24) is 4.98 Å². The molecule has 0 unspecified atom stereocenters. The molecule has 0 aliphatic rings. The van der Waals surface area contributed by atoms with Crippen LogP contribution < -0.4 is 5.73 Å². The highest BCUT2D eigenvalue weighted by Gasteiger charge is 2.08. The summed E-state index contributed by atoms with van der Waals surface area (Å²) in [4.78, 5) is 16.1. The first kappa shape index (κ1) is 13.3. The fourth-order valence-electron chi connectivity index (χ4n) is 2.43. The fraction of sp³-hybridized carbons (Fsp3) is 0.111. The van der Waals surface area contributed by atoms with E-state index in [1.807, 2.05) is 38.1 Å². The minimum atomic E-state index is -0.423.